The van der Waals surface area contributed by atoms with Crippen LogP contribution in [0, 0.1) is 0 Å². The highest BCUT2D eigenvalue weighted by Gasteiger charge is 2.44. The van der Waals surface area contributed by atoms with Crippen molar-refractivity contribution in [2.45, 2.75) is 68.9 Å². The molecule has 1 saturated carbocycles. The number of carboxylic acids is 1. The molecule has 0 saturated heterocycles. The first-order valence-corrected chi connectivity index (χ1v) is 10.4. The van der Waals surface area contributed by atoms with Crippen LogP contribution in [0.2, 0.25) is 0 Å². The van der Waals surface area contributed by atoms with Gasteiger partial charge in [-0.3, -0.25) is 0 Å². The Morgan fingerprint density at radius 3 is 2.75 bits per heavy atom. The summed E-state index contributed by atoms with van der Waals surface area (Å²) < 4.78 is 33.9. The van der Waals surface area contributed by atoms with Crippen LogP contribution in [0.25, 0.3) is 10.2 Å². The Labute approximate surface area is 165 Å². The normalized spacial score (nSPS) is 25.0. The molecule has 9 heteroatoms. The molecule has 0 aliphatic heterocycles. The van der Waals surface area contributed by atoms with Gasteiger partial charge in [0.1, 0.15) is 17.3 Å². The number of hydrogen-bond donors (Lipinski definition) is 2. The lowest BCUT2D eigenvalue weighted by molar-refractivity contribution is -0.166. The van der Waals surface area contributed by atoms with E-state index in [1.807, 2.05) is 7.05 Å². The van der Waals surface area contributed by atoms with E-state index in [0.717, 1.165) is 41.0 Å². The molecule has 28 heavy (non-hydrogen) atoms. The third kappa shape index (κ3) is 3.57. The van der Waals surface area contributed by atoms with E-state index in [1.165, 1.54) is 17.7 Å². The summed E-state index contributed by atoms with van der Waals surface area (Å²) in [6.45, 7) is 0. The zero-order valence-electron chi connectivity index (χ0n) is 15.6. The number of halogens is 2. The summed E-state index contributed by atoms with van der Waals surface area (Å²) in [6, 6.07) is 0.498. The van der Waals surface area contributed by atoms with Gasteiger partial charge in [-0.15, -0.1) is 11.3 Å². The van der Waals surface area contributed by atoms with Crippen LogP contribution in [0.5, 0.6) is 5.88 Å². The lowest BCUT2D eigenvalue weighted by Crippen LogP contribution is -2.34. The molecule has 0 radical (unpaired) electrons. The number of rotatable bonds is 6. The molecule has 6 nitrogen and oxygen atoms in total. The fraction of sp³-hybridized carbons (Fsp3) is 0.632. The third-order valence-electron chi connectivity index (χ3n) is 5.87. The minimum Gasteiger partial charge on any atom is -0.477 e. The fourth-order valence-electron chi connectivity index (χ4n) is 4.36. The molecule has 4 rings (SSSR count). The van der Waals surface area contributed by atoms with Crippen molar-refractivity contribution < 1.29 is 23.4 Å². The van der Waals surface area contributed by atoms with E-state index in [4.69, 9.17) is 9.84 Å². The van der Waals surface area contributed by atoms with E-state index in [9.17, 15) is 13.6 Å². The Balaban J connectivity index is 1.62. The number of thiophene rings is 1. The highest BCUT2D eigenvalue weighted by atomic mass is 32.1. The number of nitrogens with one attached hydrogen (secondary N) is 1. The van der Waals surface area contributed by atoms with Crippen molar-refractivity contribution in [2.75, 3.05) is 7.05 Å². The molecule has 0 amide bonds. The van der Waals surface area contributed by atoms with Crippen LogP contribution in [-0.4, -0.2) is 46.2 Å². The molecule has 1 atom stereocenters. The number of fused-ring (bicyclic) bond motifs is 3. The van der Waals surface area contributed by atoms with E-state index < -0.39 is 24.2 Å². The van der Waals surface area contributed by atoms with Crippen molar-refractivity contribution >= 4 is 27.5 Å². The zero-order valence-corrected chi connectivity index (χ0v) is 16.4. The number of aromatic nitrogens is 2. The van der Waals surface area contributed by atoms with Gasteiger partial charge >= 0.3 is 11.9 Å². The number of alkyl halides is 2. The molecule has 0 unspecified atom stereocenters. The third-order valence-corrected chi connectivity index (χ3v) is 7.05. The number of ether oxygens (including phenoxy) is 1. The van der Waals surface area contributed by atoms with E-state index in [0.29, 0.717) is 30.1 Å². The van der Waals surface area contributed by atoms with Gasteiger partial charge < -0.3 is 15.2 Å². The zero-order chi connectivity index (χ0) is 19.9. The summed E-state index contributed by atoms with van der Waals surface area (Å²) in [5, 5.41) is 12.8. The molecule has 2 aliphatic carbocycles. The molecule has 0 bridgehead atoms. The number of hydrogen-bond acceptors (Lipinski definition) is 6. The smallest absolute Gasteiger partial charge is 0.374 e. The van der Waals surface area contributed by atoms with Gasteiger partial charge in [0, 0.05) is 17.3 Å². The van der Waals surface area contributed by atoms with Crippen LogP contribution in [0.1, 0.15) is 54.9 Å². The maximum atomic E-state index is 13.9. The number of aliphatic carboxylic acids is 1. The van der Waals surface area contributed by atoms with Crippen LogP contribution in [0.15, 0.2) is 6.33 Å². The Morgan fingerprint density at radius 1 is 1.32 bits per heavy atom. The average Bonchev–Trinajstić information content (AvgIpc) is 3.22. The summed E-state index contributed by atoms with van der Waals surface area (Å²) in [6.07, 6.45) is 5.80. The second-order valence-corrected chi connectivity index (χ2v) is 8.71. The Hall–Kier alpha value is -1.87. The second kappa shape index (κ2) is 7.51. The maximum absolute atomic E-state index is 13.9. The molecule has 2 N–H and O–H groups in total. The van der Waals surface area contributed by atoms with Gasteiger partial charge in [-0.25, -0.2) is 14.8 Å². The first kappa shape index (κ1) is 19.4. The van der Waals surface area contributed by atoms with E-state index >= 15 is 0 Å². The molecular formula is C19H23F2N3O3S. The van der Waals surface area contributed by atoms with E-state index in [1.54, 1.807) is 0 Å². The number of carboxylic acid groups (broad SMARTS) is 1. The van der Waals surface area contributed by atoms with Crippen LogP contribution in [-0.2, 0) is 11.2 Å². The summed E-state index contributed by atoms with van der Waals surface area (Å²) in [5.74, 6) is -5.90. The van der Waals surface area contributed by atoms with Crippen LogP contribution >= 0.6 is 11.3 Å². The van der Waals surface area contributed by atoms with Gasteiger partial charge in [-0.05, 0) is 57.1 Å². The monoisotopic (exact) mass is 411 g/mol. The molecule has 2 heterocycles. The highest BCUT2D eigenvalue weighted by Crippen LogP contribution is 2.49. The average molecular weight is 411 g/mol. The summed E-state index contributed by atoms with van der Waals surface area (Å²) >= 11 is 1.47. The summed E-state index contributed by atoms with van der Waals surface area (Å²) in [7, 11) is 1.96. The molecule has 152 valence electrons. The molecular weight excluding hydrogens is 388 g/mol. The first-order valence-electron chi connectivity index (χ1n) is 9.60. The van der Waals surface area contributed by atoms with Gasteiger partial charge in [0.25, 0.3) is 0 Å². The number of nitrogens with zero attached hydrogens (tertiary/aromatic N) is 2. The quantitative estimate of drug-likeness (QED) is 0.753. The van der Waals surface area contributed by atoms with Crippen LogP contribution in [0.3, 0.4) is 0 Å². The molecule has 2 aromatic rings. The highest BCUT2D eigenvalue weighted by molar-refractivity contribution is 7.19. The van der Waals surface area contributed by atoms with Gasteiger partial charge in [0.2, 0.25) is 5.88 Å². The second-order valence-electron chi connectivity index (χ2n) is 7.63. The minimum absolute atomic E-state index is 0.0403. The Bertz CT molecular complexity index is 881. The molecule has 2 aliphatic rings. The van der Waals surface area contributed by atoms with Crippen molar-refractivity contribution in [3.05, 3.63) is 16.8 Å². The lowest BCUT2D eigenvalue weighted by Gasteiger charge is -2.28. The van der Waals surface area contributed by atoms with Gasteiger partial charge in [-0.2, -0.15) is 8.78 Å². The molecule has 2 aromatic heterocycles. The Morgan fingerprint density at radius 2 is 2.07 bits per heavy atom. The molecule has 1 fully saturated rings. The summed E-state index contributed by atoms with van der Waals surface area (Å²) in [5.41, 5.74) is 0.764. The van der Waals surface area contributed by atoms with E-state index in [2.05, 4.69) is 15.3 Å². The predicted molar refractivity (Wildman–Crippen MR) is 101 cm³/mol. The molecule has 0 aromatic carbocycles. The number of aryl methyl sites for hydroxylation is 1. The standard InChI is InChI=1S/C19H23F2N3O3S/c1-22-11-3-5-12(6-4-11)27-16-15-14-10(8-19(20,21)18(25)26)2-7-13(14)28-17(15)24-9-23-16/h9-12,22H,2-8H2,1H3,(H,25,26)/t10-,11?,12?/m1/s1. The lowest BCUT2D eigenvalue weighted by atomic mass is 9.93. The van der Waals surface area contributed by atoms with E-state index in [-0.39, 0.29) is 6.10 Å². The molecule has 0 spiro atoms. The first-order chi connectivity index (χ1) is 13.4. The SMILES string of the molecule is CNC1CCC(Oc2ncnc3sc4c(c23)[C@@H](CC(F)(F)C(=O)O)CC4)CC1. The van der Waals surface area contributed by atoms with Crippen molar-refractivity contribution in [2.24, 2.45) is 0 Å². The minimum atomic E-state index is -3.75. The fourth-order valence-corrected chi connectivity index (χ4v) is 5.59. The van der Waals surface area contributed by atoms with Crippen molar-refractivity contribution in [3.63, 3.8) is 0 Å². The van der Waals surface area contributed by atoms with Crippen LogP contribution < -0.4 is 10.1 Å². The van der Waals surface area contributed by atoms with Crippen molar-refractivity contribution in [1.82, 2.24) is 15.3 Å². The topological polar surface area (TPSA) is 84.3 Å². The van der Waals surface area contributed by atoms with Gasteiger partial charge in [0.05, 0.1) is 5.39 Å². The van der Waals surface area contributed by atoms with Gasteiger partial charge in [-0.1, -0.05) is 0 Å². The van der Waals surface area contributed by atoms with Crippen molar-refractivity contribution in [3.8, 4) is 5.88 Å². The Kier molecular flexibility index (Phi) is 5.22. The van der Waals surface area contributed by atoms with Crippen LogP contribution in [0.4, 0.5) is 8.78 Å². The number of carbonyl (C=O) groups is 1. The van der Waals surface area contributed by atoms with Gasteiger partial charge in [0.15, 0.2) is 0 Å². The van der Waals surface area contributed by atoms with Crippen molar-refractivity contribution in [1.29, 1.82) is 0 Å². The largest absolute Gasteiger partial charge is 0.477 e. The summed E-state index contributed by atoms with van der Waals surface area (Å²) in [4.78, 5) is 21.2. The predicted octanol–water partition coefficient (Wildman–Crippen LogP) is 3.74. The maximum Gasteiger partial charge on any atom is 0.374 e.